The summed E-state index contributed by atoms with van der Waals surface area (Å²) >= 11 is 0. The summed E-state index contributed by atoms with van der Waals surface area (Å²) in [6.07, 6.45) is 1.82. The molecule has 2 N–H and O–H groups in total. The molecule has 0 bridgehead atoms. The Labute approximate surface area is 126 Å². The monoisotopic (exact) mass is 285 g/mol. The first-order chi connectivity index (χ1) is 10.1. The SMILES string of the molecule is CN1CCN(Cc2ccc(-c3cnn(C)c3N)cc2)CC1. The summed E-state index contributed by atoms with van der Waals surface area (Å²) in [7, 11) is 4.05. The molecule has 2 aromatic rings. The third-order valence-electron chi connectivity index (χ3n) is 4.25. The van der Waals surface area contributed by atoms with Crippen LogP contribution in [0.3, 0.4) is 0 Å². The van der Waals surface area contributed by atoms with Gasteiger partial charge in [0.15, 0.2) is 0 Å². The summed E-state index contributed by atoms with van der Waals surface area (Å²) in [5, 5.41) is 4.19. The minimum atomic E-state index is 0.710. The molecule has 5 heteroatoms. The molecule has 112 valence electrons. The molecular formula is C16H23N5. The largest absolute Gasteiger partial charge is 0.383 e. The predicted octanol–water partition coefficient (Wildman–Crippen LogP) is 1.42. The van der Waals surface area contributed by atoms with Gasteiger partial charge in [0.05, 0.1) is 6.20 Å². The third kappa shape index (κ3) is 3.09. The van der Waals surface area contributed by atoms with Crippen molar-refractivity contribution in [1.29, 1.82) is 0 Å². The standard InChI is InChI=1S/C16H23N5/c1-19-7-9-21(10-8-19)12-13-3-5-14(6-4-13)15-11-18-20(2)16(15)17/h3-6,11H,7-10,12,17H2,1-2H3. The second-order valence-electron chi connectivity index (χ2n) is 5.84. The average molecular weight is 285 g/mol. The predicted molar refractivity (Wildman–Crippen MR) is 85.8 cm³/mol. The topological polar surface area (TPSA) is 50.3 Å². The van der Waals surface area contributed by atoms with Crippen LogP contribution in [0.5, 0.6) is 0 Å². The van der Waals surface area contributed by atoms with Gasteiger partial charge in [0.1, 0.15) is 5.82 Å². The van der Waals surface area contributed by atoms with Gasteiger partial charge in [0.2, 0.25) is 0 Å². The normalized spacial score (nSPS) is 17.2. The summed E-state index contributed by atoms with van der Waals surface area (Å²) in [6.45, 7) is 5.63. The zero-order valence-electron chi connectivity index (χ0n) is 12.8. The third-order valence-corrected chi connectivity index (χ3v) is 4.25. The first-order valence-corrected chi connectivity index (χ1v) is 7.41. The summed E-state index contributed by atoms with van der Waals surface area (Å²) in [5.41, 5.74) is 9.51. The molecule has 1 aliphatic rings. The van der Waals surface area contributed by atoms with E-state index < -0.39 is 0 Å². The zero-order chi connectivity index (χ0) is 14.8. The average Bonchev–Trinajstić information content (AvgIpc) is 2.83. The first kappa shape index (κ1) is 14.1. The van der Waals surface area contributed by atoms with Gasteiger partial charge in [-0.2, -0.15) is 5.10 Å². The Morgan fingerprint density at radius 1 is 1.05 bits per heavy atom. The molecule has 1 fully saturated rings. The molecule has 0 amide bonds. The fourth-order valence-electron chi connectivity index (χ4n) is 2.72. The number of aromatic nitrogens is 2. The Morgan fingerprint density at radius 2 is 1.71 bits per heavy atom. The first-order valence-electron chi connectivity index (χ1n) is 7.41. The van der Waals surface area contributed by atoms with Crippen LogP contribution in [0.4, 0.5) is 5.82 Å². The van der Waals surface area contributed by atoms with Crippen LogP contribution in [0.1, 0.15) is 5.56 Å². The molecule has 0 radical (unpaired) electrons. The molecule has 1 aliphatic heterocycles. The Balaban J connectivity index is 1.68. The van der Waals surface area contributed by atoms with Gasteiger partial charge >= 0.3 is 0 Å². The van der Waals surface area contributed by atoms with Crippen molar-refractivity contribution in [3.63, 3.8) is 0 Å². The van der Waals surface area contributed by atoms with Crippen molar-refractivity contribution in [3.8, 4) is 11.1 Å². The highest BCUT2D eigenvalue weighted by atomic mass is 15.3. The molecule has 1 saturated heterocycles. The van der Waals surface area contributed by atoms with Crippen molar-refractivity contribution in [2.24, 2.45) is 7.05 Å². The number of nitrogen functional groups attached to an aromatic ring is 1. The maximum absolute atomic E-state index is 6.02. The van der Waals surface area contributed by atoms with Gasteiger partial charge in [0, 0.05) is 45.3 Å². The van der Waals surface area contributed by atoms with Gasteiger partial charge in [-0.15, -0.1) is 0 Å². The number of rotatable bonds is 3. The molecule has 0 aliphatic carbocycles. The highest BCUT2D eigenvalue weighted by Gasteiger charge is 2.14. The molecular weight excluding hydrogens is 262 g/mol. The van der Waals surface area contributed by atoms with E-state index in [2.05, 4.69) is 46.2 Å². The summed E-state index contributed by atoms with van der Waals surface area (Å²) in [4.78, 5) is 4.89. The van der Waals surface area contributed by atoms with Crippen LogP contribution in [0.25, 0.3) is 11.1 Å². The van der Waals surface area contributed by atoms with E-state index in [-0.39, 0.29) is 0 Å². The minimum absolute atomic E-state index is 0.710. The summed E-state index contributed by atoms with van der Waals surface area (Å²) < 4.78 is 1.70. The second kappa shape index (κ2) is 5.87. The van der Waals surface area contributed by atoms with E-state index in [4.69, 9.17) is 5.73 Å². The van der Waals surface area contributed by atoms with E-state index in [1.807, 2.05) is 13.2 Å². The number of nitrogens with zero attached hydrogens (tertiary/aromatic N) is 4. The molecule has 2 heterocycles. The van der Waals surface area contributed by atoms with Crippen LogP contribution >= 0.6 is 0 Å². The van der Waals surface area contributed by atoms with Crippen molar-refractivity contribution in [2.45, 2.75) is 6.54 Å². The zero-order valence-corrected chi connectivity index (χ0v) is 12.8. The smallest absolute Gasteiger partial charge is 0.129 e. The maximum atomic E-state index is 6.02. The molecule has 1 aromatic carbocycles. The Bertz CT molecular complexity index is 594. The van der Waals surface area contributed by atoms with Gasteiger partial charge in [-0.1, -0.05) is 24.3 Å². The van der Waals surface area contributed by atoms with E-state index in [9.17, 15) is 0 Å². The van der Waals surface area contributed by atoms with Gasteiger partial charge in [-0.3, -0.25) is 9.58 Å². The van der Waals surface area contributed by atoms with Gasteiger partial charge in [0.25, 0.3) is 0 Å². The van der Waals surface area contributed by atoms with E-state index in [0.717, 1.165) is 43.9 Å². The van der Waals surface area contributed by atoms with Crippen LogP contribution in [0.15, 0.2) is 30.5 Å². The summed E-state index contributed by atoms with van der Waals surface area (Å²) in [6, 6.07) is 8.66. The van der Waals surface area contributed by atoms with Crippen LogP contribution in [0, 0.1) is 0 Å². The van der Waals surface area contributed by atoms with Crippen LogP contribution in [-0.2, 0) is 13.6 Å². The Morgan fingerprint density at radius 3 is 2.29 bits per heavy atom. The quantitative estimate of drug-likeness (QED) is 0.926. The highest BCUT2D eigenvalue weighted by Crippen LogP contribution is 2.25. The summed E-state index contributed by atoms with van der Waals surface area (Å²) in [5.74, 6) is 0.710. The Hall–Kier alpha value is -1.85. The molecule has 0 spiro atoms. The van der Waals surface area contributed by atoms with Crippen LogP contribution in [-0.4, -0.2) is 52.8 Å². The number of benzene rings is 1. The molecule has 0 saturated carbocycles. The van der Waals surface area contributed by atoms with Crippen LogP contribution in [0.2, 0.25) is 0 Å². The second-order valence-corrected chi connectivity index (χ2v) is 5.84. The van der Waals surface area contributed by atoms with Crippen LogP contribution < -0.4 is 5.73 Å². The lowest BCUT2D eigenvalue weighted by atomic mass is 10.1. The number of likely N-dealkylation sites (N-methyl/N-ethyl adjacent to an activating group) is 1. The van der Waals surface area contributed by atoms with E-state index >= 15 is 0 Å². The number of anilines is 1. The van der Waals surface area contributed by atoms with E-state index in [1.54, 1.807) is 4.68 Å². The fraction of sp³-hybridized carbons (Fsp3) is 0.438. The van der Waals surface area contributed by atoms with Crippen molar-refractivity contribution in [3.05, 3.63) is 36.0 Å². The number of hydrogen-bond acceptors (Lipinski definition) is 4. The van der Waals surface area contributed by atoms with Crippen molar-refractivity contribution < 1.29 is 0 Å². The number of hydrogen-bond donors (Lipinski definition) is 1. The molecule has 21 heavy (non-hydrogen) atoms. The molecule has 1 aromatic heterocycles. The van der Waals surface area contributed by atoms with Crippen molar-refractivity contribution >= 4 is 5.82 Å². The van der Waals surface area contributed by atoms with Crippen molar-refractivity contribution in [2.75, 3.05) is 39.0 Å². The molecule has 0 unspecified atom stereocenters. The Kier molecular flexibility index (Phi) is 3.94. The lowest BCUT2D eigenvalue weighted by Crippen LogP contribution is -2.43. The number of nitrogens with two attached hydrogens (primary N) is 1. The fourth-order valence-corrected chi connectivity index (χ4v) is 2.72. The van der Waals surface area contributed by atoms with Gasteiger partial charge in [-0.25, -0.2) is 0 Å². The minimum Gasteiger partial charge on any atom is -0.383 e. The van der Waals surface area contributed by atoms with Gasteiger partial charge in [-0.05, 0) is 18.2 Å². The van der Waals surface area contributed by atoms with Gasteiger partial charge < -0.3 is 10.6 Å². The van der Waals surface area contributed by atoms with E-state index in [1.165, 1.54) is 5.56 Å². The molecule has 5 nitrogen and oxygen atoms in total. The lowest BCUT2D eigenvalue weighted by molar-refractivity contribution is 0.148. The number of piperazine rings is 1. The lowest BCUT2D eigenvalue weighted by Gasteiger charge is -2.32. The highest BCUT2D eigenvalue weighted by molar-refractivity contribution is 5.73. The maximum Gasteiger partial charge on any atom is 0.129 e. The van der Waals surface area contributed by atoms with E-state index in [0.29, 0.717) is 5.82 Å². The molecule has 0 atom stereocenters. The number of aryl methyl sites for hydroxylation is 1. The van der Waals surface area contributed by atoms with Crippen molar-refractivity contribution in [1.82, 2.24) is 19.6 Å². The molecule has 3 rings (SSSR count).